The Morgan fingerprint density at radius 3 is 2.50 bits per heavy atom. The molecule has 3 rings (SSSR count). The van der Waals surface area contributed by atoms with Gasteiger partial charge in [0.05, 0.1) is 16.3 Å². The van der Waals surface area contributed by atoms with Gasteiger partial charge in [0, 0.05) is 22.2 Å². The molecule has 0 aliphatic rings. The van der Waals surface area contributed by atoms with Gasteiger partial charge in [0.25, 0.3) is 5.69 Å². The second-order valence-electron chi connectivity index (χ2n) is 5.75. The molecule has 0 aliphatic heterocycles. The lowest BCUT2D eigenvalue weighted by Gasteiger charge is -2.00. The standard InChI is InChI=1S/C17H13BrN6O3S/c1-9-2-5-11(8-13(9)18)20-21-15-14(22-23(16(15)25)17(19)28)10-3-6-12(7-4-10)24(26)27/h2-8,22H,1H3,(H2,19,28). The molecule has 0 amide bonds. The molecule has 0 bridgehead atoms. The number of aromatic amines is 1. The highest BCUT2D eigenvalue weighted by molar-refractivity contribution is 9.10. The van der Waals surface area contributed by atoms with Crippen molar-refractivity contribution in [1.29, 1.82) is 0 Å². The Hall–Kier alpha value is -3.18. The normalized spacial score (nSPS) is 11.1. The quantitative estimate of drug-likeness (QED) is 0.258. The van der Waals surface area contributed by atoms with Crippen LogP contribution >= 0.6 is 28.1 Å². The van der Waals surface area contributed by atoms with E-state index in [4.69, 9.17) is 18.0 Å². The average Bonchev–Trinajstić information content (AvgIpc) is 2.99. The summed E-state index contributed by atoms with van der Waals surface area (Å²) in [6.45, 7) is 1.94. The molecule has 0 unspecified atom stereocenters. The van der Waals surface area contributed by atoms with E-state index >= 15 is 0 Å². The summed E-state index contributed by atoms with van der Waals surface area (Å²) in [5, 5.41) is 21.6. The summed E-state index contributed by atoms with van der Waals surface area (Å²) in [4.78, 5) is 23.0. The Morgan fingerprint density at radius 1 is 1.25 bits per heavy atom. The van der Waals surface area contributed by atoms with Crippen LogP contribution in [0.25, 0.3) is 11.3 Å². The number of hydrogen-bond donors (Lipinski definition) is 2. The summed E-state index contributed by atoms with van der Waals surface area (Å²) in [5.41, 5.74) is 7.27. The van der Waals surface area contributed by atoms with Gasteiger partial charge in [0.1, 0.15) is 0 Å². The van der Waals surface area contributed by atoms with Gasteiger partial charge in [-0.15, -0.1) is 5.11 Å². The monoisotopic (exact) mass is 460 g/mol. The number of nitrogens with zero attached hydrogens (tertiary/aromatic N) is 4. The maximum Gasteiger partial charge on any atom is 0.301 e. The summed E-state index contributed by atoms with van der Waals surface area (Å²) in [5.74, 6) is 0. The Morgan fingerprint density at radius 2 is 1.93 bits per heavy atom. The number of azo groups is 1. The van der Waals surface area contributed by atoms with Crippen LogP contribution in [0.2, 0.25) is 0 Å². The lowest BCUT2D eigenvalue weighted by atomic mass is 10.1. The Labute approximate surface area is 172 Å². The number of H-pyrrole nitrogens is 1. The minimum atomic E-state index is -0.573. The summed E-state index contributed by atoms with van der Waals surface area (Å²) in [6, 6.07) is 11.0. The smallest absolute Gasteiger partial charge is 0.301 e. The number of hydrogen-bond acceptors (Lipinski definition) is 6. The van der Waals surface area contributed by atoms with Crippen molar-refractivity contribution in [3.63, 3.8) is 0 Å². The van der Waals surface area contributed by atoms with Gasteiger partial charge in [0.15, 0.2) is 10.8 Å². The van der Waals surface area contributed by atoms with Crippen molar-refractivity contribution in [3.8, 4) is 11.3 Å². The average molecular weight is 461 g/mol. The van der Waals surface area contributed by atoms with Gasteiger partial charge in [0.2, 0.25) is 0 Å². The van der Waals surface area contributed by atoms with Gasteiger partial charge in [-0.25, -0.2) is 0 Å². The first-order chi connectivity index (χ1) is 13.3. The SMILES string of the molecule is Cc1ccc(N=Nc2c(-c3ccc([N+](=O)[O-])cc3)[nH]n(C(N)=S)c2=O)cc1Br. The first kappa shape index (κ1) is 19.6. The van der Waals surface area contributed by atoms with Crippen molar-refractivity contribution in [2.75, 3.05) is 0 Å². The van der Waals surface area contributed by atoms with Crippen LogP contribution in [-0.2, 0) is 0 Å². The number of halogens is 1. The maximum absolute atomic E-state index is 12.6. The zero-order chi connectivity index (χ0) is 20.4. The molecule has 9 nitrogen and oxygen atoms in total. The van der Waals surface area contributed by atoms with E-state index in [0.29, 0.717) is 16.9 Å². The van der Waals surface area contributed by atoms with E-state index in [9.17, 15) is 14.9 Å². The molecule has 0 spiro atoms. The molecule has 0 fully saturated rings. The number of aromatic nitrogens is 2. The zero-order valence-electron chi connectivity index (χ0n) is 14.4. The highest BCUT2D eigenvalue weighted by atomic mass is 79.9. The maximum atomic E-state index is 12.6. The summed E-state index contributed by atoms with van der Waals surface area (Å²) in [7, 11) is 0. The van der Waals surface area contributed by atoms with Crippen LogP contribution in [0.1, 0.15) is 5.56 Å². The van der Waals surface area contributed by atoms with Crippen molar-refractivity contribution in [1.82, 2.24) is 9.78 Å². The van der Waals surface area contributed by atoms with Gasteiger partial charge < -0.3 is 5.73 Å². The van der Waals surface area contributed by atoms with Crippen LogP contribution in [0.3, 0.4) is 0 Å². The predicted octanol–water partition coefficient (Wildman–Crippen LogP) is 4.33. The number of nitro benzene ring substituents is 1. The Bertz CT molecular complexity index is 1170. The van der Waals surface area contributed by atoms with Gasteiger partial charge in [-0.1, -0.05) is 22.0 Å². The predicted molar refractivity (Wildman–Crippen MR) is 112 cm³/mol. The number of benzene rings is 2. The molecule has 0 saturated carbocycles. The fraction of sp³-hybridized carbons (Fsp3) is 0.0588. The molecule has 0 atom stereocenters. The molecule has 0 aliphatic carbocycles. The second-order valence-corrected chi connectivity index (χ2v) is 7.02. The van der Waals surface area contributed by atoms with Gasteiger partial charge in [-0.3, -0.25) is 20.0 Å². The number of aryl methyl sites for hydroxylation is 1. The van der Waals surface area contributed by atoms with Crippen LogP contribution in [-0.4, -0.2) is 19.8 Å². The van der Waals surface area contributed by atoms with Crippen molar-refractivity contribution >= 4 is 50.3 Å². The number of nitrogens with one attached hydrogen (secondary N) is 1. The van der Waals surface area contributed by atoms with E-state index < -0.39 is 10.5 Å². The van der Waals surface area contributed by atoms with Crippen LogP contribution in [0.4, 0.5) is 17.1 Å². The third-order valence-electron chi connectivity index (χ3n) is 3.87. The molecule has 1 heterocycles. The van der Waals surface area contributed by atoms with Gasteiger partial charge in [-0.05, 0) is 49.0 Å². The number of nitrogens with two attached hydrogens (primary N) is 1. The van der Waals surface area contributed by atoms with E-state index in [1.807, 2.05) is 13.0 Å². The summed E-state index contributed by atoms with van der Waals surface area (Å²) in [6.07, 6.45) is 0. The highest BCUT2D eigenvalue weighted by Crippen LogP contribution is 2.29. The van der Waals surface area contributed by atoms with E-state index in [2.05, 4.69) is 31.3 Å². The molecule has 142 valence electrons. The van der Waals surface area contributed by atoms with E-state index in [-0.39, 0.29) is 16.5 Å². The van der Waals surface area contributed by atoms with Crippen molar-refractivity contribution in [2.24, 2.45) is 16.0 Å². The van der Waals surface area contributed by atoms with Crippen molar-refractivity contribution in [3.05, 3.63) is 73.0 Å². The lowest BCUT2D eigenvalue weighted by molar-refractivity contribution is -0.384. The summed E-state index contributed by atoms with van der Waals surface area (Å²) >= 11 is 8.30. The Balaban J connectivity index is 2.10. The lowest BCUT2D eigenvalue weighted by Crippen LogP contribution is -2.29. The molecule has 2 aromatic carbocycles. The highest BCUT2D eigenvalue weighted by Gasteiger charge is 2.18. The van der Waals surface area contributed by atoms with E-state index in [0.717, 1.165) is 14.7 Å². The van der Waals surface area contributed by atoms with Crippen LogP contribution in [0.15, 0.2) is 62.0 Å². The number of nitro groups is 1. The van der Waals surface area contributed by atoms with Crippen LogP contribution < -0.4 is 11.3 Å². The molecular weight excluding hydrogens is 448 g/mol. The van der Waals surface area contributed by atoms with Crippen molar-refractivity contribution < 1.29 is 4.92 Å². The van der Waals surface area contributed by atoms with E-state index in [1.165, 1.54) is 24.3 Å². The second kappa shape index (κ2) is 7.82. The third-order valence-corrected chi connectivity index (χ3v) is 4.91. The molecular formula is C17H13BrN6O3S. The first-order valence-corrected chi connectivity index (χ1v) is 9.05. The van der Waals surface area contributed by atoms with Crippen LogP contribution in [0, 0.1) is 17.0 Å². The van der Waals surface area contributed by atoms with Crippen LogP contribution in [0.5, 0.6) is 0 Å². The first-order valence-electron chi connectivity index (χ1n) is 7.85. The molecule has 3 aromatic rings. The third kappa shape index (κ3) is 3.89. The largest absolute Gasteiger partial charge is 0.374 e. The fourth-order valence-electron chi connectivity index (χ4n) is 2.38. The van der Waals surface area contributed by atoms with Gasteiger partial charge >= 0.3 is 5.56 Å². The zero-order valence-corrected chi connectivity index (χ0v) is 16.8. The molecule has 28 heavy (non-hydrogen) atoms. The number of non-ortho nitro benzene ring substituents is 1. The van der Waals surface area contributed by atoms with Crippen molar-refractivity contribution in [2.45, 2.75) is 6.92 Å². The molecule has 0 radical (unpaired) electrons. The molecule has 1 aromatic heterocycles. The minimum Gasteiger partial charge on any atom is -0.374 e. The van der Waals surface area contributed by atoms with Gasteiger partial charge in [-0.2, -0.15) is 9.80 Å². The minimum absolute atomic E-state index is 0.0154. The summed E-state index contributed by atoms with van der Waals surface area (Å²) < 4.78 is 1.82. The number of rotatable bonds is 4. The number of thiocarbonyl (C=S) groups is 1. The molecule has 0 saturated heterocycles. The molecule has 3 N–H and O–H groups in total. The van der Waals surface area contributed by atoms with E-state index in [1.54, 1.807) is 12.1 Å². The molecule has 11 heteroatoms. The Kier molecular flexibility index (Phi) is 5.47. The topological polar surface area (TPSA) is 132 Å². The fourth-order valence-corrected chi connectivity index (χ4v) is 2.87.